The lowest BCUT2D eigenvalue weighted by Gasteiger charge is -2.25. The maximum Gasteiger partial charge on any atom is 0.416 e. The van der Waals surface area contributed by atoms with Crippen LogP contribution in [0.1, 0.15) is 23.1 Å². The van der Waals surface area contributed by atoms with Crippen molar-refractivity contribution in [2.24, 2.45) is 0 Å². The minimum absolute atomic E-state index is 0.336. The van der Waals surface area contributed by atoms with Crippen molar-refractivity contribution in [2.75, 3.05) is 32.1 Å². The summed E-state index contributed by atoms with van der Waals surface area (Å²) in [5.41, 5.74) is 1.20. The zero-order valence-electron chi connectivity index (χ0n) is 12.4. The van der Waals surface area contributed by atoms with Crippen LogP contribution in [0.4, 0.5) is 18.9 Å². The average molecular weight is 286 g/mol. The molecule has 1 fully saturated rings. The number of hydrogen-bond acceptors (Lipinski definition) is 2. The van der Waals surface area contributed by atoms with Gasteiger partial charge < -0.3 is 9.80 Å². The van der Waals surface area contributed by atoms with Gasteiger partial charge in [-0.2, -0.15) is 13.2 Å². The van der Waals surface area contributed by atoms with E-state index in [0.717, 1.165) is 25.2 Å². The third-order valence-corrected chi connectivity index (χ3v) is 4.06. The Hall–Kier alpha value is -1.23. The van der Waals surface area contributed by atoms with E-state index in [1.54, 1.807) is 13.8 Å². The SMILES string of the molecule is Cc1cc(N2CC[C@@H](N(C)C)C2)c(C)c(C(F)(F)F)c1. The van der Waals surface area contributed by atoms with Gasteiger partial charge in [-0.15, -0.1) is 0 Å². The van der Waals surface area contributed by atoms with Gasteiger partial charge in [-0.1, -0.05) is 0 Å². The molecule has 5 heteroatoms. The molecular formula is C15H21F3N2. The van der Waals surface area contributed by atoms with Crippen LogP contribution in [0.15, 0.2) is 12.1 Å². The Kier molecular flexibility index (Phi) is 4.00. The first-order chi connectivity index (χ1) is 9.20. The highest BCUT2D eigenvalue weighted by atomic mass is 19.4. The lowest BCUT2D eigenvalue weighted by Crippen LogP contribution is -2.31. The molecule has 2 nitrogen and oxygen atoms in total. The van der Waals surface area contributed by atoms with E-state index >= 15 is 0 Å². The molecule has 0 aliphatic carbocycles. The fourth-order valence-electron chi connectivity index (χ4n) is 2.84. The minimum Gasteiger partial charge on any atom is -0.370 e. The predicted molar refractivity (Wildman–Crippen MR) is 75.2 cm³/mol. The van der Waals surface area contributed by atoms with Crippen molar-refractivity contribution in [1.82, 2.24) is 4.90 Å². The topological polar surface area (TPSA) is 6.48 Å². The van der Waals surface area contributed by atoms with Crippen molar-refractivity contribution >= 4 is 5.69 Å². The van der Waals surface area contributed by atoms with Crippen LogP contribution < -0.4 is 4.90 Å². The Morgan fingerprint density at radius 2 is 1.85 bits per heavy atom. The van der Waals surface area contributed by atoms with E-state index in [-0.39, 0.29) is 0 Å². The Bertz CT molecular complexity index is 495. The number of halogens is 3. The average Bonchev–Trinajstić information content (AvgIpc) is 2.79. The van der Waals surface area contributed by atoms with Gasteiger partial charge in [-0.3, -0.25) is 0 Å². The fourth-order valence-corrected chi connectivity index (χ4v) is 2.84. The normalized spacial score (nSPS) is 20.0. The van der Waals surface area contributed by atoms with Crippen LogP contribution in [-0.4, -0.2) is 38.1 Å². The van der Waals surface area contributed by atoms with Crippen molar-refractivity contribution in [2.45, 2.75) is 32.5 Å². The molecule has 1 aliphatic heterocycles. The van der Waals surface area contributed by atoms with Crippen molar-refractivity contribution in [1.29, 1.82) is 0 Å². The Morgan fingerprint density at radius 1 is 1.20 bits per heavy atom. The molecule has 1 saturated heterocycles. The summed E-state index contributed by atoms with van der Waals surface area (Å²) in [6, 6.07) is 3.50. The van der Waals surface area contributed by atoms with E-state index in [9.17, 15) is 13.2 Å². The fraction of sp³-hybridized carbons (Fsp3) is 0.600. The Morgan fingerprint density at radius 3 is 2.35 bits per heavy atom. The quantitative estimate of drug-likeness (QED) is 0.821. The van der Waals surface area contributed by atoms with Gasteiger partial charge in [0.15, 0.2) is 0 Å². The van der Waals surface area contributed by atoms with E-state index in [4.69, 9.17) is 0 Å². The summed E-state index contributed by atoms with van der Waals surface area (Å²) in [6.07, 6.45) is -3.30. The number of alkyl halides is 3. The second kappa shape index (κ2) is 5.28. The van der Waals surface area contributed by atoms with E-state index in [0.29, 0.717) is 17.2 Å². The van der Waals surface area contributed by atoms with Gasteiger partial charge in [0.25, 0.3) is 0 Å². The monoisotopic (exact) mass is 286 g/mol. The molecule has 1 heterocycles. The lowest BCUT2D eigenvalue weighted by molar-refractivity contribution is -0.138. The van der Waals surface area contributed by atoms with Crippen molar-refractivity contribution < 1.29 is 13.2 Å². The smallest absolute Gasteiger partial charge is 0.370 e. The molecular weight excluding hydrogens is 265 g/mol. The van der Waals surface area contributed by atoms with Gasteiger partial charge in [0.1, 0.15) is 0 Å². The largest absolute Gasteiger partial charge is 0.416 e. The summed E-state index contributed by atoms with van der Waals surface area (Å²) in [6.45, 7) is 4.89. The van der Waals surface area contributed by atoms with E-state index < -0.39 is 11.7 Å². The van der Waals surface area contributed by atoms with Gasteiger partial charge in [-0.05, 0) is 57.6 Å². The highest BCUT2D eigenvalue weighted by Crippen LogP contribution is 2.37. The van der Waals surface area contributed by atoms with Crippen LogP contribution >= 0.6 is 0 Å². The van der Waals surface area contributed by atoms with Gasteiger partial charge in [-0.25, -0.2) is 0 Å². The number of benzene rings is 1. The minimum atomic E-state index is -4.29. The standard InChI is InChI=1S/C15H21F3N2/c1-10-7-13(15(16,17)18)11(2)14(8-10)20-6-5-12(9-20)19(3)4/h7-8,12H,5-6,9H2,1-4H3/t12-/m1/s1. The summed E-state index contributed by atoms with van der Waals surface area (Å²) in [4.78, 5) is 4.21. The third-order valence-electron chi connectivity index (χ3n) is 4.06. The molecule has 1 aliphatic rings. The number of aryl methyl sites for hydroxylation is 1. The van der Waals surface area contributed by atoms with E-state index in [1.165, 1.54) is 6.07 Å². The number of rotatable bonds is 2. The zero-order valence-corrected chi connectivity index (χ0v) is 12.4. The molecule has 0 amide bonds. The van der Waals surface area contributed by atoms with Crippen molar-refractivity contribution in [3.8, 4) is 0 Å². The van der Waals surface area contributed by atoms with Gasteiger partial charge in [0.2, 0.25) is 0 Å². The van der Waals surface area contributed by atoms with E-state index in [2.05, 4.69) is 9.80 Å². The molecule has 0 aromatic heterocycles. The van der Waals surface area contributed by atoms with Crippen LogP contribution in [-0.2, 0) is 6.18 Å². The first-order valence-corrected chi connectivity index (χ1v) is 6.80. The summed E-state index contributed by atoms with van der Waals surface area (Å²) < 4.78 is 39.2. The highest BCUT2D eigenvalue weighted by molar-refractivity contribution is 5.59. The van der Waals surface area contributed by atoms with Crippen LogP contribution in [0, 0.1) is 13.8 Å². The van der Waals surface area contributed by atoms with Gasteiger partial charge in [0, 0.05) is 24.8 Å². The predicted octanol–water partition coefficient (Wildman–Crippen LogP) is 3.46. The summed E-state index contributed by atoms with van der Waals surface area (Å²) in [5.74, 6) is 0. The van der Waals surface area contributed by atoms with Gasteiger partial charge in [0.05, 0.1) is 5.56 Å². The maximum absolute atomic E-state index is 13.1. The molecule has 0 unspecified atom stereocenters. The molecule has 1 aromatic rings. The van der Waals surface area contributed by atoms with Crippen LogP contribution in [0.2, 0.25) is 0 Å². The molecule has 0 N–H and O–H groups in total. The first-order valence-electron chi connectivity index (χ1n) is 6.80. The molecule has 0 saturated carbocycles. The Balaban J connectivity index is 2.36. The van der Waals surface area contributed by atoms with E-state index in [1.807, 2.05) is 20.2 Å². The Labute approximate surface area is 118 Å². The lowest BCUT2D eigenvalue weighted by atomic mass is 10.0. The second-order valence-corrected chi connectivity index (χ2v) is 5.81. The first kappa shape index (κ1) is 15.2. The number of nitrogens with zero attached hydrogens (tertiary/aromatic N) is 2. The molecule has 0 bridgehead atoms. The zero-order chi connectivity index (χ0) is 15.1. The van der Waals surface area contributed by atoms with Crippen molar-refractivity contribution in [3.63, 3.8) is 0 Å². The van der Waals surface area contributed by atoms with Crippen LogP contribution in [0.25, 0.3) is 0 Å². The molecule has 0 radical (unpaired) electrons. The maximum atomic E-state index is 13.1. The molecule has 20 heavy (non-hydrogen) atoms. The summed E-state index contributed by atoms with van der Waals surface area (Å²) >= 11 is 0. The molecule has 2 rings (SSSR count). The molecule has 1 aromatic carbocycles. The van der Waals surface area contributed by atoms with Gasteiger partial charge >= 0.3 is 6.18 Å². The molecule has 112 valence electrons. The molecule has 1 atom stereocenters. The summed E-state index contributed by atoms with van der Waals surface area (Å²) in [5, 5.41) is 0. The van der Waals surface area contributed by atoms with Crippen molar-refractivity contribution in [3.05, 3.63) is 28.8 Å². The van der Waals surface area contributed by atoms with Crippen LogP contribution in [0.3, 0.4) is 0 Å². The number of likely N-dealkylation sites (N-methyl/N-ethyl adjacent to an activating group) is 1. The second-order valence-electron chi connectivity index (χ2n) is 5.81. The van der Waals surface area contributed by atoms with Crippen LogP contribution in [0.5, 0.6) is 0 Å². The number of anilines is 1. The highest BCUT2D eigenvalue weighted by Gasteiger charge is 2.35. The summed E-state index contributed by atoms with van der Waals surface area (Å²) in [7, 11) is 4.02. The molecule has 0 spiro atoms. The third kappa shape index (κ3) is 2.92. The number of hydrogen-bond donors (Lipinski definition) is 0.